The minimum Gasteiger partial charge on any atom is -0.296 e. The normalized spacial score (nSPS) is 12.9. The van der Waals surface area contributed by atoms with E-state index in [1.165, 1.54) is 0 Å². The number of aromatic nitrogens is 6. The maximum absolute atomic E-state index is 13.4. The van der Waals surface area contributed by atoms with Crippen LogP contribution in [0.5, 0.6) is 0 Å². The number of anilines is 1. The van der Waals surface area contributed by atoms with Crippen molar-refractivity contribution in [3.05, 3.63) is 75.7 Å². The average Bonchev–Trinajstić information content (AvgIpc) is 3.40. The van der Waals surface area contributed by atoms with E-state index in [1.54, 1.807) is 4.57 Å². The number of nitrogens with one attached hydrogen (secondary N) is 2. The van der Waals surface area contributed by atoms with Gasteiger partial charge >= 0.3 is 0 Å². The molecular weight excluding hydrogens is 430 g/mol. The molecule has 2 N–H and O–H groups in total. The Balaban J connectivity index is 1.59. The van der Waals surface area contributed by atoms with E-state index in [2.05, 4.69) is 37.8 Å². The van der Waals surface area contributed by atoms with Gasteiger partial charge in [0.1, 0.15) is 0 Å². The summed E-state index contributed by atoms with van der Waals surface area (Å²) in [5, 5.41) is 17.4. The van der Waals surface area contributed by atoms with Crippen LogP contribution in [0.15, 0.2) is 53.3 Å². The Morgan fingerprint density at radius 3 is 2.68 bits per heavy atom. The van der Waals surface area contributed by atoms with E-state index >= 15 is 0 Å². The predicted octanol–water partition coefficient (Wildman–Crippen LogP) is 3.37. The van der Waals surface area contributed by atoms with Gasteiger partial charge in [-0.3, -0.25) is 19.5 Å². The summed E-state index contributed by atoms with van der Waals surface area (Å²) < 4.78 is 1.57. The number of aromatic amines is 1. The lowest BCUT2D eigenvalue weighted by atomic mass is 9.94. The number of amides is 1. The number of benzene rings is 2. The van der Waals surface area contributed by atoms with E-state index < -0.39 is 0 Å². The summed E-state index contributed by atoms with van der Waals surface area (Å²) in [6.07, 6.45) is 3.29. The molecular formula is C25H25N7O2. The predicted molar refractivity (Wildman–Crippen MR) is 128 cm³/mol. The van der Waals surface area contributed by atoms with Crippen LogP contribution in [-0.4, -0.2) is 36.1 Å². The number of unbranched alkanes of at least 4 members (excludes halogenated alkanes) is 1. The molecule has 172 valence electrons. The Bertz CT molecular complexity index is 1380. The first-order chi connectivity index (χ1) is 16.6. The SMILES string of the molecule is CCCCc1nc2n(c(=O)c1Cc1ccc(-c3ccccc3)c(-c3nn[nH]n3)c1)CCC(=O)N2. The van der Waals surface area contributed by atoms with Crippen LogP contribution in [0.4, 0.5) is 5.95 Å². The molecule has 9 nitrogen and oxygen atoms in total. The molecule has 2 aromatic heterocycles. The Labute approximate surface area is 196 Å². The minimum atomic E-state index is -0.109. The van der Waals surface area contributed by atoms with E-state index in [-0.39, 0.29) is 17.9 Å². The van der Waals surface area contributed by atoms with Crippen LogP contribution in [0.25, 0.3) is 22.5 Å². The topological polar surface area (TPSA) is 118 Å². The Morgan fingerprint density at radius 1 is 1.06 bits per heavy atom. The van der Waals surface area contributed by atoms with Crippen LogP contribution < -0.4 is 10.9 Å². The van der Waals surface area contributed by atoms with Crippen molar-refractivity contribution in [2.75, 3.05) is 5.32 Å². The summed E-state index contributed by atoms with van der Waals surface area (Å²) in [5.41, 5.74) is 5.14. The van der Waals surface area contributed by atoms with Gasteiger partial charge in [-0.05, 0) is 40.8 Å². The molecule has 0 aliphatic carbocycles. The monoisotopic (exact) mass is 455 g/mol. The molecule has 0 saturated carbocycles. The van der Waals surface area contributed by atoms with Crippen molar-refractivity contribution < 1.29 is 4.79 Å². The Morgan fingerprint density at radius 2 is 1.91 bits per heavy atom. The fraction of sp³-hybridized carbons (Fsp3) is 0.280. The molecule has 0 bridgehead atoms. The van der Waals surface area contributed by atoms with Gasteiger partial charge in [0.15, 0.2) is 0 Å². The van der Waals surface area contributed by atoms with Gasteiger partial charge in [-0.1, -0.05) is 55.8 Å². The summed E-state index contributed by atoms with van der Waals surface area (Å²) in [6.45, 7) is 2.45. The number of nitrogens with zero attached hydrogens (tertiary/aromatic N) is 5. The van der Waals surface area contributed by atoms with Gasteiger partial charge in [0.25, 0.3) is 5.56 Å². The molecule has 1 aliphatic heterocycles. The molecule has 0 saturated heterocycles. The largest absolute Gasteiger partial charge is 0.296 e. The van der Waals surface area contributed by atoms with E-state index in [9.17, 15) is 9.59 Å². The highest BCUT2D eigenvalue weighted by molar-refractivity contribution is 5.90. The molecule has 9 heteroatoms. The van der Waals surface area contributed by atoms with Gasteiger partial charge in [0, 0.05) is 30.5 Å². The second kappa shape index (κ2) is 9.38. The highest BCUT2D eigenvalue weighted by Crippen LogP contribution is 2.31. The van der Waals surface area contributed by atoms with E-state index in [0.717, 1.165) is 40.8 Å². The lowest BCUT2D eigenvalue weighted by Crippen LogP contribution is -2.36. The molecule has 0 radical (unpaired) electrons. The molecule has 1 aliphatic rings. The molecule has 0 atom stereocenters. The highest BCUT2D eigenvalue weighted by Gasteiger charge is 2.22. The summed E-state index contributed by atoms with van der Waals surface area (Å²) in [7, 11) is 0. The van der Waals surface area contributed by atoms with Gasteiger partial charge in [0.05, 0.1) is 5.69 Å². The Kier molecular flexibility index (Phi) is 5.99. The molecule has 1 amide bonds. The highest BCUT2D eigenvalue weighted by atomic mass is 16.2. The van der Waals surface area contributed by atoms with Crippen LogP contribution in [0, 0.1) is 0 Å². The first-order valence-corrected chi connectivity index (χ1v) is 11.5. The third-order valence-electron chi connectivity index (χ3n) is 6.06. The zero-order chi connectivity index (χ0) is 23.5. The molecule has 2 aromatic carbocycles. The van der Waals surface area contributed by atoms with Crippen LogP contribution in [0.3, 0.4) is 0 Å². The van der Waals surface area contributed by atoms with E-state index in [4.69, 9.17) is 0 Å². The second-order valence-corrected chi connectivity index (χ2v) is 8.38. The molecule has 3 heterocycles. The molecule has 4 aromatic rings. The number of hydrogen-bond donors (Lipinski definition) is 2. The number of tetrazole rings is 1. The smallest absolute Gasteiger partial charge is 0.258 e. The number of aryl methyl sites for hydroxylation is 1. The van der Waals surface area contributed by atoms with Gasteiger partial charge in [-0.25, -0.2) is 4.98 Å². The molecule has 34 heavy (non-hydrogen) atoms. The van der Waals surface area contributed by atoms with Crippen molar-refractivity contribution >= 4 is 11.9 Å². The first-order valence-electron chi connectivity index (χ1n) is 11.5. The van der Waals surface area contributed by atoms with Gasteiger partial charge in [-0.15, -0.1) is 10.2 Å². The summed E-state index contributed by atoms with van der Waals surface area (Å²) in [5.74, 6) is 0.736. The van der Waals surface area contributed by atoms with Crippen LogP contribution in [0.1, 0.15) is 43.0 Å². The number of carbonyl (C=O) groups excluding carboxylic acids is 1. The van der Waals surface area contributed by atoms with Crippen LogP contribution in [0.2, 0.25) is 0 Å². The zero-order valence-corrected chi connectivity index (χ0v) is 18.9. The first kappa shape index (κ1) is 21.7. The third-order valence-corrected chi connectivity index (χ3v) is 6.06. The minimum absolute atomic E-state index is 0.0932. The number of H-pyrrole nitrogens is 1. The standard InChI is InChI=1S/C25H25N7O2/c1-2-3-9-21-20(24(34)32-13-12-22(33)27-25(32)26-21)15-16-10-11-18(17-7-5-4-6-8-17)19(14-16)23-28-30-31-29-23/h4-8,10-11,14H,2-3,9,12-13,15H2,1H3,(H,26,27,33)(H,28,29,30,31). The number of hydrogen-bond acceptors (Lipinski definition) is 6. The van der Waals surface area contributed by atoms with Crippen molar-refractivity contribution in [3.63, 3.8) is 0 Å². The number of rotatable bonds is 7. The van der Waals surface area contributed by atoms with Crippen molar-refractivity contribution in [2.24, 2.45) is 0 Å². The number of carbonyl (C=O) groups is 1. The third kappa shape index (κ3) is 4.24. The van der Waals surface area contributed by atoms with Crippen LogP contribution in [-0.2, 0) is 24.2 Å². The molecule has 5 rings (SSSR count). The number of fused-ring (bicyclic) bond motifs is 1. The summed E-state index contributed by atoms with van der Waals surface area (Å²) in [6, 6.07) is 16.1. The lowest BCUT2D eigenvalue weighted by Gasteiger charge is -2.21. The van der Waals surface area contributed by atoms with E-state index in [1.807, 2.05) is 48.5 Å². The maximum Gasteiger partial charge on any atom is 0.258 e. The average molecular weight is 456 g/mol. The second-order valence-electron chi connectivity index (χ2n) is 8.38. The van der Waals surface area contributed by atoms with Gasteiger partial charge < -0.3 is 0 Å². The fourth-order valence-corrected chi connectivity index (χ4v) is 4.31. The van der Waals surface area contributed by atoms with Crippen molar-refractivity contribution in [1.82, 2.24) is 30.2 Å². The van der Waals surface area contributed by atoms with Gasteiger partial charge in [-0.2, -0.15) is 5.21 Å². The molecule has 0 fully saturated rings. The summed E-state index contributed by atoms with van der Waals surface area (Å²) in [4.78, 5) is 30.0. The fourth-order valence-electron chi connectivity index (χ4n) is 4.31. The van der Waals surface area contributed by atoms with Crippen LogP contribution >= 0.6 is 0 Å². The van der Waals surface area contributed by atoms with Crippen molar-refractivity contribution in [1.29, 1.82) is 0 Å². The van der Waals surface area contributed by atoms with Crippen molar-refractivity contribution in [2.45, 2.75) is 45.6 Å². The van der Waals surface area contributed by atoms with Crippen molar-refractivity contribution in [3.8, 4) is 22.5 Å². The quantitative estimate of drug-likeness (QED) is 0.441. The zero-order valence-electron chi connectivity index (χ0n) is 18.9. The summed E-state index contributed by atoms with van der Waals surface area (Å²) >= 11 is 0. The molecule has 0 unspecified atom stereocenters. The lowest BCUT2D eigenvalue weighted by molar-refractivity contribution is -0.116. The van der Waals surface area contributed by atoms with E-state index in [0.29, 0.717) is 36.7 Å². The Hall–Kier alpha value is -4.14. The molecule has 0 spiro atoms. The maximum atomic E-state index is 13.4. The van der Waals surface area contributed by atoms with Gasteiger partial charge in [0.2, 0.25) is 17.7 Å².